The van der Waals surface area contributed by atoms with Gasteiger partial charge in [0.15, 0.2) is 0 Å². The molecule has 4 aromatic rings. The molecule has 0 atom stereocenters. The molecular formula is C13H7N3S3. The van der Waals surface area contributed by atoms with Crippen molar-refractivity contribution in [1.82, 2.24) is 14.6 Å². The lowest BCUT2D eigenvalue weighted by Crippen LogP contribution is -1.85. The first-order valence-electron chi connectivity index (χ1n) is 5.62. The predicted molar refractivity (Wildman–Crippen MR) is 81.8 cm³/mol. The molecule has 4 rings (SSSR count). The van der Waals surface area contributed by atoms with Crippen molar-refractivity contribution in [1.29, 1.82) is 0 Å². The molecule has 0 fully saturated rings. The summed E-state index contributed by atoms with van der Waals surface area (Å²) in [6, 6.07) is 8.25. The quantitative estimate of drug-likeness (QED) is 0.545. The van der Waals surface area contributed by atoms with Crippen molar-refractivity contribution in [3.63, 3.8) is 0 Å². The van der Waals surface area contributed by atoms with Gasteiger partial charge in [-0.05, 0) is 34.4 Å². The summed E-state index contributed by atoms with van der Waals surface area (Å²) in [6.07, 6.45) is 1.93. The van der Waals surface area contributed by atoms with Crippen molar-refractivity contribution >= 4 is 44.4 Å². The number of rotatable bonds is 2. The van der Waals surface area contributed by atoms with Crippen LogP contribution in [-0.4, -0.2) is 14.6 Å². The minimum atomic E-state index is 0.901. The Bertz CT molecular complexity index is 748. The maximum Gasteiger partial charge on any atom is 0.133 e. The predicted octanol–water partition coefficient (Wildman–Crippen LogP) is 4.54. The number of thiophene rings is 2. The van der Waals surface area contributed by atoms with E-state index in [-0.39, 0.29) is 0 Å². The normalized spacial score (nSPS) is 11.2. The van der Waals surface area contributed by atoms with E-state index in [1.54, 1.807) is 22.7 Å². The first kappa shape index (κ1) is 11.2. The van der Waals surface area contributed by atoms with E-state index in [9.17, 15) is 0 Å². The molecule has 3 nitrogen and oxygen atoms in total. The number of aromatic nitrogens is 3. The molecule has 0 spiro atoms. The van der Waals surface area contributed by atoms with E-state index in [1.165, 1.54) is 16.4 Å². The van der Waals surface area contributed by atoms with Crippen LogP contribution >= 0.6 is 34.2 Å². The molecule has 0 saturated carbocycles. The second-order valence-corrected chi connectivity index (χ2v) is 6.58. The van der Waals surface area contributed by atoms with Gasteiger partial charge in [-0.3, -0.25) is 4.98 Å². The fraction of sp³-hybridized carbons (Fsp3) is 0. The van der Waals surface area contributed by atoms with Gasteiger partial charge in [0.1, 0.15) is 11.2 Å². The molecular weight excluding hydrogens is 294 g/mol. The van der Waals surface area contributed by atoms with Crippen molar-refractivity contribution in [2.45, 2.75) is 0 Å². The fourth-order valence-corrected chi connectivity index (χ4v) is 4.19. The van der Waals surface area contributed by atoms with Crippen molar-refractivity contribution in [3.05, 3.63) is 41.2 Å². The Kier molecular flexibility index (Phi) is 2.65. The lowest BCUT2D eigenvalue weighted by atomic mass is 10.2. The van der Waals surface area contributed by atoms with Crippen molar-refractivity contribution in [2.75, 3.05) is 0 Å². The lowest BCUT2D eigenvalue weighted by molar-refractivity contribution is 1.19. The Morgan fingerprint density at radius 3 is 2.47 bits per heavy atom. The largest absolute Gasteiger partial charge is 0.252 e. The van der Waals surface area contributed by atoms with Crippen LogP contribution in [0.1, 0.15) is 0 Å². The highest BCUT2D eigenvalue weighted by atomic mass is 32.1. The average Bonchev–Trinajstić information content (AvgIpc) is 3.19. The second-order valence-electron chi connectivity index (χ2n) is 3.93. The molecule has 19 heavy (non-hydrogen) atoms. The van der Waals surface area contributed by atoms with Crippen LogP contribution in [0.5, 0.6) is 0 Å². The lowest BCUT2D eigenvalue weighted by Gasteiger charge is -2.02. The minimum absolute atomic E-state index is 0.901. The summed E-state index contributed by atoms with van der Waals surface area (Å²) in [6.45, 7) is 0. The summed E-state index contributed by atoms with van der Waals surface area (Å²) in [5.41, 5.74) is 2.96. The first-order valence-corrected chi connectivity index (χ1v) is 8.15. The third kappa shape index (κ3) is 1.80. The molecule has 0 amide bonds. The summed E-state index contributed by atoms with van der Waals surface area (Å²) < 4.78 is 5.22. The molecule has 0 aliphatic carbocycles. The minimum Gasteiger partial charge on any atom is -0.252 e. The van der Waals surface area contributed by atoms with E-state index < -0.39 is 0 Å². The van der Waals surface area contributed by atoms with Gasteiger partial charge in [0.05, 0.1) is 9.58 Å². The number of nitrogens with zero attached hydrogens (tertiary/aromatic N) is 3. The van der Waals surface area contributed by atoms with E-state index in [1.807, 2.05) is 18.3 Å². The zero-order chi connectivity index (χ0) is 12.7. The van der Waals surface area contributed by atoms with Crippen LogP contribution in [0.4, 0.5) is 0 Å². The zero-order valence-corrected chi connectivity index (χ0v) is 12.1. The highest BCUT2D eigenvalue weighted by molar-refractivity contribution is 7.16. The van der Waals surface area contributed by atoms with Crippen molar-refractivity contribution in [2.24, 2.45) is 0 Å². The molecule has 0 aromatic carbocycles. The summed E-state index contributed by atoms with van der Waals surface area (Å²) in [5.74, 6) is 0. The van der Waals surface area contributed by atoms with Crippen LogP contribution in [0.15, 0.2) is 41.2 Å². The van der Waals surface area contributed by atoms with Gasteiger partial charge in [0, 0.05) is 16.6 Å². The standard InChI is InChI=1S/C13H7N3S3/c1-3-9(17-5-1)8-7-14-11(10-4-2-6-18-10)12-13(8)19-16-15-12/h1-7H. The maximum atomic E-state index is 4.60. The van der Waals surface area contributed by atoms with Gasteiger partial charge in [-0.1, -0.05) is 16.6 Å². The molecule has 0 aliphatic rings. The molecule has 6 heteroatoms. The number of hydrogen-bond donors (Lipinski definition) is 0. The topological polar surface area (TPSA) is 38.7 Å². The van der Waals surface area contributed by atoms with Crippen LogP contribution in [0, 0.1) is 0 Å². The Balaban J connectivity index is 2.01. The third-order valence-corrected chi connectivity index (χ3v) is 5.36. The Morgan fingerprint density at radius 2 is 1.74 bits per heavy atom. The molecule has 0 saturated heterocycles. The highest BCUT2D eigenvalue weighted by Gasteiger charge is 2.15. The van der Waals surface area contributed by atoms with Gasteiger partial charge in [-0.25, -0.2) is 0 Å². The molecule has 4 heterocycles. The van der Waals surface area contributed by atoms with E-state index in [0.717, 1.165) is 26.4 Å². The number of fused-ring (bicyclic) bond motifs is 1. The van der Waals surface area contributed by atoms with Gasteiger partial charge in [-0.2, -0.15) is 0 Å². The van der Waals surface area contributed by atoms with Gasteiger partial charge in [-0.15, -0.1) is 27.8 Å². The molecule has 0 radical (unpaired) electrons. The first-order chi connectivity index (χ1) is 9.43. The molecule has 0 aliphatic heterocycles. The average molecular weight is 301 g/mol. The Hall–Kier alpha value is -1.63. The van der Waals surface area contributed by atoms with Gasteiger partial charge in [0.2, 0.25) is 0 Å². The van der Waals surface area contributed by atoms with Crippen molar-refractivity contribution < 1.29 is 0 Å². The smallest absolute Gasteiger partial charge is 0.133 e. The summed E-state index contributed by atoms with van der Waals surface area (Å²) >= 11 is 4.82. The number of hydrogen-bond acceptors (Lipinski definition) is 6. The van der Waals surface area contributed by atoms with Gasteiger partial charge in [0.25, 0.3) is 0 Å². The Morgan fingerprint density at radius 1 is 0.947 bits per heavy atom. The van der Waals surface area contributed by atoms with Gasteiger partial charge >= 0.3 is 0 Å². The molecule has 0 N–H and O–H groups in total. The van der Waals surface area contributed by atoms with E-state index >= 15 is 0 Å². The van der Waals surface area contributed by atoms with Crippen LogP contribution in [0.25, 0.3) is 31.2 Å². The van der Waals surface area contributed by atoms with E-state index in [4.69, 9.17) is 0 Å². The molecule has 4 aromatic heterocycles. The summed E-state index contributed by atoms with van der Waals surface area (Å²) in [7, 11) is 0. The van der Waals surface area contributed by atoms with E-state index in [2.05, 4.69) is 37.5 Å². The molecule has 0 bridgehead atoms. The molecule has 0 unspecified atom stereocenters. The Labute approximate surface area is 121 Å². The van der Waals surface area contributed by atoms with Crippen LogP contribution in [-0.2, 0) is 0 Å². The van der Waals surface area contributed by atoms with Crippen molar-refractivity contribution in [3.8, 4) is 21.0 Å². The van der Waals surface area contributed by atoms with Crippen LogP contribution < -0.4 is 0 Å². The highest BCUT2D eigenvalue weighted by Crippen LogP contribution is 2.37. The second kappa shape index (κ2) is 4.48. The summed E-state index contributed by atoms with van der Waals surface area (Å²) in [4.78, 5) is 6.94. The van der Waals surface area contributed by atoms with E-state index in [0.29, 0.717) is 0 Å². The summed E-state index contributed by atoms with van der Waals surface area (Å²) in [5, 5.41) is 8.39. The fourth-order valence-electron chi connectivity index (χ4n) is 1.97. The SMILES string of the molecule is c1csc(-c2ncc(-c3cccs3)c3snnc23)c1. The monoisotopic (exact) mass is 301 g/mol. The zero-order valence-electron chi connectivity index (χ0n) is 9.61. The van der Waals surface area contributed by atoms with Gasteiger partial charge < -0.3 is 0 Å². The number of pyridine rings is 1. The third-order valence-electron chi connectivity index (χ3n) is 2.82. The maximum absolute atomic E-state index is 4.60. The van der Waals surface area contributed by atoms with Crippen LogP contribution in [0.3, 0.4) is 0 Å². The van der Waals surface area contributed by atoms with Crippen LogP contribution in [0.2, 0.25) is 0 Å². The molecule has 92 valence electrons.